The second-order valence-corrected chi connectivity index (χ2v) is 7.30. The Morgan fingerprint density at radius 2 is 1.87 bits per heavy atom. The molecule has 158 valence electrons. The number of carbonyl (C=O) groups is 2. The molecule has 0 unspecified atom stereocenters. The Balaban J connectivity index is 1.95. The predicted octanol–water partition coefficient (Wildman–Crippen LogP) is 4.07. The first-order chi connectivity index (χ1) is 14.1. The number of carbonyl (C=O) groups excluding carboxylic acids is 1. The molecule has 2 aromatic carbocycles. The minimum atomic E-state index is -4.82. The zero-order valence-corrected chi connectivity index (χ0v) is 16.7. The van der Waals surface area contributed by atoms with Crippen LogP contribution in [0.4, 0.5) is 17.6 Å². The van der Waals surface area contributed by atoms with E-state index in [0.29, 0.717) is 9.04 Å². The number of carboxylic acids is 1. The highest BCUT2D eigenvalue weighted by atomic mass is 79.9. The molecule has 3 rings (SSSR count). The number of amides is 1. The third-order valence-corrected chi connectivity index (χ3v) is 4.75. The molecule has 11 heteroatoms. The van der Waals surface area contributed by atoms with Crippen LogP contribution in [-0.4, -0.2) is 38.0 Å². The lowest BCUT2D eigenvalue weighted by Gasteiger charge is -2.22. The third kappa shape index (κ3) is 4.78. The number of imidazole rings is 1. The summed E-state index contributed by atoms with van der Waals surface area (Å²) >= 11 is 3.09. The van der Waals surface area contributed by atoms with Crippen LogP contribution in [0.15, 0.2) is 46.9 Å². The number of fused-ring (bicyclic) bond motifs is 1. The Morgan fingerprint density at radius 3 is 2.50 bits per heavy atom. The van der Waals surface area contributed by atoms with E-state index in [2.05, 4.69) is 20.9 Å². The highest BCUT2D eigenvalue weighted by Gasteiger charge is 2.38. The van der Waals surface area contributed by atoms with Gasteiger partial charge in [-0.1, -0.05) is 34.1 Å². The van der Waals surface area contributed by atoms with Crippen LogP contribution < -0.4 is 0 Å². The van der Waals surface area contributed by atoms with Crippen molar-refractivity contribution in [1.82, 2.24) is 14.5 Å². The van der Waals surface area contributed by atoms with E-state index in [1.165, 1.54) is 36.4 Å². The highest BCUT2D eigenvalue weighted by Crippen LogP contribution is 2.31. The molecule has 0 aliphatic carbocycles. The van der Waals surface area contributed by atoms with E-state index in [9.17, 15) is 27.2 Å². The summed E-state index contributed by atoms with van der Waals surface area (Å²) in [6.45, 7) is -2.03. The minimum absolute atomic E-state index is 0.0272. The van der Waals surface area contributed by atoms with Gasteiger partial charge in [0.25, 0.3) is 0 Å². The number of hydrogen-bond acceptors (Lipinski definition) is 3. The number of hydrogen-bond donors (Lipinski definition) is 1. The maximum absolute atomic E-state index is 14.1. The normalized spacial score (nSPS) is 11.6. The predicted molar refractivity (Wildman–Crippen MR) is 102 cm³/mol. The van der Waals surface area contributed by atoms with Crippen molar-refractivity contribution in [1.29, 1.82) is 0 Å². The average molecular weight is 488 g/mol. The molecule has 3 aromatic rings. The van der Waals surface area contributed by atoms with Gasteiger partial charge in [0, 0.05) is 16.6 Å². The summed E-state index contributed by atoms with van der Waals surface area (Å²) in [5.74, 6) is -4.26. The molecular weight excluding hydrogens is 474 g/mol. The van der Waals surface area contributed by atoms with Gasteiger partial charge in [0.05, 0.1) is 11.0 Å². The van der Waals surface area contributed by atoms with Crippen molar-refractivity contribution < 1.29 is 32.3 Å². The standard InChI is InChI=1S/C19H14BrF4N3O3/c20-12-6-5-11(13(21)7-12)8-26(10-17(29)30)16(28)9-27-15-4-2-1-3-14(15)25-18(27)19(22,23)24/h1-7H,8-10H2,(H,29,30). The summed E-state index contributed by atoms with van der Waals surface area (Å²) < 4.78 is 55.6. The lowest BCUT2D eigenvalue weighted by Crippen LogP contribution is -2.38. The van der Waals surface area contributed by atoms with Gasteiger partial charge in [-0.05, 0) is 24.3 Å². The van der Waals surface area contributed by atoms with Crippen LogP contribution in [0.2, 0.25) is 0 Å². The molecule has 0 saturated carbocycles. The lowest BCUT2D eigenvalue weighted by atomic mass is 10.2. The molecule has 6 nitrogen and oxygen atoms in total. The fraction of sp³-hybridized carbons (Fsp3) is 0.211. The second kappa shape index (κ2) is 8.42. The van der Waals surface area contributed by atoms with E-state index >= 15 is 0 Å². The van der Waals surface area contributed by atoms with Gasteiger partial charge in [-0.15, -0.1) is 0 Å². The molecule has 1 aromatic heterocycles. The van der Waals surface area contributed by atoms with Crippen molar-refractivity contribution in [3.8, 4) is 0 Å². The monoisotopic (exact) mass is 487 g/mol. The Hall–Kier alpha value is -2.95. The number of aliphatic carboxylic acids is 1. The van der Waals surface area contributed by atoms with E-state index in [-0.39, 0.29) is 16.6 Å². The van der Waals surface area contributed by atoms with E-state index < -0.39 is 49.3 Å². The number of alkyl halides is 3. The third-order valence-electron chi connectivity index (χ3n) is 4.26. The van der Waals surface area contributed by atoms with Crippen molar-refractivity contribution >= 4 is 38.8 Å². The smallest absolute Gasteiger partial charge is 0.449 e. The largest absolute Gasteiger partial charge is 0.480 e. The zero-order valence-electron chi connectivity index (χ0n) is 15.2. The van der Waals surface area contributed by atoms with Crippen molar-refractivity contribution in [3.05, 3.63) is 64.1 Å². The Bertz CT molecular complexity index is 1110. The van der Waals surface area contributed by atoms with E-state index in [1.807, 2.05) is 0 Å². The van der Waals surface area contributed by atoms with Crippen LogP contribution in [0.5, 0.6) is 0 Å². The highest BCUT2D eigenvalue weighted by molar-refractivity contribution is 9.10. The first-order valence-electron chi connectivity index (χ1n) is 8.52. The summed E-state index contributed by atoms with van der Waals surface area (Å²) in [5, 5.41) is 9.11. The summed E-state index contributed by atoms with van der Waals surface area (Å²) in [6.07, 6.45) is -4.82. The van der Waals surface area contributed by atoms with Crippen LogP contribution in [0.1, 0.15) is 11.4 Å². The molecule has 0 spiro atoms. The maximum Gasteiger partial charge on any atom is 0.449 e. The van der Waals surface area contributed by atoms with Crippen molar-refractivity contribution in [2.24, 2.45) is 0 Å². The molecule has 1 N–H and O–H groups in total. The topological polar surface area (TPSA) is 75.4 Å². The van der Waals surface area contributed by atoms with Gasteiger partial charge in [-0.25, -0.2) is 9.37 Å². The van der Waals surface area contributed by atoms with E-state index in [4.69, 9.17) is 5.11 Å². The SMILES string of the molecule is O=C(O)CN(Cc1ccc(Br)cc1F)C(=O)Cn1c(C(F)(F)F)nc2ccccc21. The van der Waals surface area contributed by atoms with Gasteiger partial charge < -0.3 is 14.6 Å². The molecule has 0 bridgehead atoms. The molecule has 0 aliphatic rings. The summed E-state index contributed by atoms with van der Waals surface area (Å²) in [6, 6.07) is 9.76. The number of nitrogens with zero attached hydrogens (tertiary/aromatic N) is 3. The molecule has 0 fully saturated rings. The van der Waals surface area contributed by atoms with Crippen LogP contribution >= 0.6 is 15.9 Å². The van der Waals surface area contributed by atoms with Crippen molar-refractivity contribution in [2.75, 3.05) is 6.54 Å². The van der Waals surface area contributed by atoms with Gasteiger partial charge >= 0.3 is 12.1 Å². The number of halogens is 5. The second-order valence-electron chi connectivity index (χ2n) is 6.39. The molecule has 0 saturated heterocycles. The fourth-order valence-corrected chi connectivity index (χ4v) is 3.27. The molecule has 1 heterocycles. The first kappa shape index (κ1) is 21.8. The van der Waals surface area contributed by atoms with Crippen LogP contribution in [0, 0.1) is 5.82 Å². The Morgan fingerprint density at radius 1 is 1.17 bits per heavy atom. The van der Waals surface area contributed by atoms with Gasteiger partial charge in [-0.2, -0.15) is 13.2 Å². The molecule has 30 heavy (non-hydrogen) atoms. The van der Waals surface area contributed by atoms with E-state index in [0.717, 1.165) is 11.0 Å². The summed E-state index contributed by atoms with van der Waals surface area (Å²) in [5.41, 5.74) is 0.143. The maximum atomic E-state index is 14.1. The van der Waals surface area contributed by atoms with Gasteiger partial charge in [0.2, 0.25) is 11.7 Å². The fourth-order valence-electron chi connectivity index (χ4n) is 2.94. The Kier molecular flexibility index (Phi) is 6.11. The average Bonchev–Trinajstić information content (AvgIpc) is 3.02. The number of benzene rings is 2. The minimum Gasteiger partial charge on any atom is -0.480 e. The van der Waals surface area contributed by atoms with Crippen LogP contribution in [0.25, 0.3) is 11.0 Å². The molecule has 0 aliphatic heterocycles. The number of aromatic nitrogens is 2. The van der Waals surface area contributed by atoms with Crippen molar-refractivity contribution in [2.45, 2.75) is 19.3 Å². The number of rotatable bonds is 6. The van der Waals surface area contributed by atoms with Crippen LogP contribution in [-0.2, 0) is 28.9 Å². The molecule has 0 atom stereocenters. The first-order valence-corrected chi connectivity index (χ1v) is 9.31. The zero-order chi connectivity index (χ0) is 22.1. The molecular formula is C19H14BrF4N3O3. The quantitative estimate of drug-likeness (QED) is 0.531. The lowest BCUT2D eigenvalue weighted by molar-refractivity contribution is -0.150. The summed E-state index contributed by atoms with van der Waals surface area (Å²) in [4.78, 5) is 28.3. The molecule has 0 radical (unpaired) electrons. The van der Waals surface area contributed by atoms with Gasteiger partial charge in [0.1, 0.15) is 18.9 Å². The molecule has 1 amide bonds. The number of carboxylic acid groups (broad SMARTS) is 1. The van der Waals surface area contributed by atoms with Crippen molar-refractivity contribution in [3.63, 3.8) is 0 Å². The van der Waals surface area contributed by atoms with E-state index in [1.54, 1.807) is 0 Å². The van der Waals surface area contributed by atoms with Gasteiger partial charge in [0.15, 0.2) is 0 Å². The Labute approximate surface area is 175 Å². The summed E-state index contributed by atoms with van der Waals surface area (Å²) in [7, 11) is 0. The van der Waals surface area contributed by atoms with Gasteiger partial charge in [-0.3, -0.25) is 9.59 Å². The number of para-hydroxylation sites is 2. The van der Waals surface area contributed by atoms with Crippen LogP contribution in [0.3, 0.4) is 0 Å².